The molecule has 0 aliphatic heterocycles. The molecule has 0 radical (unpaired) electrons. The van der Waals surface area contributed by atoms with Crippen LogP contribution >= 0.6 is 0 Å². The average Bonchev–Trinajstić information content (AvgIpc) is 2.52. The Morgan fingerprint density at radius 1 is 1.10 bits per heavy atom. The van der Waals surface area contributed by atoms with E-state index in [0.717, 1.165) is 39.0 Å². The fourth-order valence-corrected chi connectivity index (χ4v) is 3.24. The van der Waals surface area contributed by atoms with E-state index in [0.29, 0.717) is 5.92 Å². The van der Waals surface area contributed by atoms with Gasteiger partial charge < -0.3 is 15.3 Å². The van der Waals surface area contributed by atoms with Crippen LogP contribution in [-0.4, -0.2) is 30.8 Å². The molecule has 0 saturated heterocycles. The Hall–Kier alpha value is -1.06. The number of anilines is 1. The first-order chi connectivity index (χ1) is 10.2. The highest BCUT2D eigenvalue weighted by Gasteiger charge is 2.22. The molecule has 0 heterocycles. The summed E-state index contributed by atoms with van der Waals surface area (Å²) >= 11 is 0. The van der Waals surface area contributed by atoms with Crippen LogP contribution in [-0.2, 0) is 6.54 Å². The maximum Gasteiger partial charge on any atom is 0.0580 e. The molecule has 1 aromatic carbocycles. The SMILES string of the molecule is CCN(CC)c1ccc(CNCC2CCCCC2O)cc1. The number of hydrogen-bond donors (Lipinski definition) is 2. The molecule has 0 spiro atoms. The second-order valence-electron chi connectivity index (χ2n) is 6.08. The number of rotatable bonds is 7. The van der Waals surface area contributed by atoms with Crippen molar-refractivity contribution in [3.8, 4) is 0 Å². The van der Waals surface area contributed by atoms with E-state index in [9.17, 15) is 5.11 Å². The molecule has 1 fully saturated rings. The number of benzene rings is 1. The maximum absolute atomic E-state index is 9.97. The first kappa shape index (κ1) is 16.3. The molecular weight excluding hydrogens is 260 g/mol. The molecule has 3 nitrogen and oxygen atoms in total. The van der Waals surface area contributed by atoms with Gasteiger partial charge in [0.25, 0.3) is 0 Å². The Kier molecular flexibility index (Phi) is 6.52. The fraction of sp³-hybridized carbons (Fsp3) is 0.667. The maximum atomic E-state index is 9.97. The second kappa shape index (κ2) is 8.40. The van der Waals surface area contributed by atoms with Crippen molar-refractivity contribution in [2.24, 2.45) is 5.92 Å². The molecule has 1 aliphatic rings. The lowest BCUT2D eigenvalue weighted by Crippen LogP contribution is -2.33. The summed E-state index contributed by atoms with van der Waals surface area (Å²) < 4.78 is 0. The van der Waals surface area contributed by atoms with Gasteiger partial charge in [-0.1, -0.05) is 25.0 Å². The normalized spacial score (nSPS) is 22.2. The van der Waals surface area contributed by atoms with Crippen LogP contribution in [0.5, 0.6) is 0 Å². The van der Waals surface area contributed by atoms with Crippen LogP contribution < -0.4 is 10.2 Å². The summed E-state index contributed by atoms with van der Waals surface area (Å²) in [6.07, 6.45) is 4.49. The van der Waals surface area contributed by atoms with Crippen molar-refractivity contribution in [3.63, 3.8) is 0 Å². The third-order valence-electron chi connectivity index (χ3n) is 4.67. The van der Waals surface area contributed by atoms with Crippen molar-refractivity contribution in [1.29, 1.82) is 0 Å². The summed E-state index contributed by atoms with van der Waals surface area (Å²) in [7, 11) is 0. The van der Waals surface area contributed by atoms with Crippen LogP contribution in [0.3, 0.4) is 0 Å². The number of aliphatic hydroxyl groups is 1. The summed E-state index contributed by atoms with van der Waals surface area (Å²) in [5.74, 6) is 0.439. The second-order valence-corrected chi connectivity index (χ2v) is 6.08. The first-order valence-electron chi connectivity index (χ1n) is 8.47. The molecular formula is C18H30N2O. The van der Waals surface area contributed by atoms with E-state index in [2.05, 4.69) is 48.3 Å². The van der Waals surface area contributed by atoms with E-state index in [1.165, 1.54) is 24.1 Å². The zero-order chi connectivity index (χ0) is 15.1. The molecule has 2 unspecified atom stereocenters. The molecule has 2 atom stereocenters. The lowest BCUT2D eigenvalue weighted by molar-refractivity contribution is 0.0695. The standard InChI is InChI=1S/C18H30N2O/c1-3-20(4-2)17-11-9-15(10-12-17)13-19-14-16-7-5-6-8-18(16)21/h9-12,16,18-19,21H,3-8,13-14H2,1-2H3. The van der Waals surface area contributed by atoms with Gasteiger partial charge in [-0.3, -0.25) is 0 Å². The van der Waals surface area contributed by atoms with Crippen LogP contribution in [0.15, 0.2) is 24.3 Å². The summed E-state index contributed by atoms with van der Waals surface area (Å²) in [5.41, 5.74) is 2.61. The molecule has 21 heavy (non-hydrogen) atoms. The zero-order valence-electron chi connectivity index (χ0n) is 13.5. The van der Waals surface area contributed by atoms with Gasteiger partial charge in [0, 0.05) is 31.9 Å². The molecule has 1 aliphatic carbocycles. The molecule has 1 saturated carbocycles. The van der Waals surface area contributed by atoms with Gasteiger partial charge in [0.2, 0.25) is 0 Å². The van der Waals surface area contributed by atoms with Crippen molar-refractivity contribution in [1.82, 2.24) is 5.32 Å². The highest BCUT2D eigenvalue weighted by Crippen LogP contribution is 2.23. The van der Waals surface area contributed by atoms with Gasteiger partial charge in [-0.2, -0.15) is 0 Å². The van der Waals surface area contributed by atoms with Crippen molar-refractivity contribution < 1.29 is 5.11 Å². The highest BCUT2D eigenvalue weighted by atomic mass is 16.3. The van der Waals surface area contributed by atoms with Crippen molar-refractivity contribution >= 4 is 5.69 Å². The van der Waals surface area contributed by atoms with E-state index >= 15 is 0 Å². The predicted octanol–water partition coefficient (Wildman–Crippen LogP) is 3.17. The number of aliphatic hydroxyl groups excluding tert-OH is 1. The van der Waals surface area contributed by atoms with Gasteiger partial charge >= 0.3 is 0 Å². The minimum Gasteiger partial charge on any atom is -0.393 e. The van der Waals surface area contributed by atoms with E-state index in [4.69, 9.17) is 0 Å². The summed E-state index contributed by atoms with van der Waals surface area (Å²) in [6, 6.07) is 8.83. The largest absolute Gasteiger partial charge is 0.393 e. The monoisotopic (exact) mass is 290 g/mol. The van der Waals surface area contributed by atoms with Crippen LogP contribution in [0.25, 0.3) is 0 Å². The molecule has 2 N–H and O–H groups in total. The van der Waals surface area contributed by atoms with Crippen LogP contribution in [0, 0.1) is 5.92 Å². The lowest BCUT2D eigenvalue weighted by atomic mass is 9.86. The molecule has 118 valence electrons. The zero-order valence-corrected chi connectivity index (χ0v) is 13.5. The van der Waals surface area contributed by atoms with Gasteiger partial charge in [-0.15, -0.1) is 0 Å². The topological polar surface area (TPSA) is 35.5 Å². The van der Waals surface area contributed by atoms with E-state index < -0.39 is 0 Å². The lowest BCUT2D eigenvalue weighted by Gasteiger charge is -2.27. The average molecular weight is 290 g/mol. The number of nitrogens with zero attached hydrogens (tertiary/aromatic N) is 1. The van der Waals surface area contributed by atoms with Gasteiger partial charge in [-0.05, 0) is 50.3 Å². The van der Waals surface area contributed by atoms with E-state index in [1.807, 2.05) is 0 Å². The van der Waals surface area contributed by atoms with Crippen molar-refractivity contribution in [2.75, 3.05) is 24.5 Å². The molecule has 1 aromatic rings. The van der Waals surface area contributed by atoms with Crippen molar-refractivity contribution in [3.05, 3.63) is 29.8 Å². The summed E-state index contributed by atoms with van der Waals surface area (Å²) in [6.45, 7) is 8.30. The minimum absolute atomic E-state index is 0.101. The van der Waals surface area contributed by atoms with Crippen LogP contribution in [0.1, 0.15) is 45.1 Å². The molecule has 0 bridgehead atoms. The third-order valence-corrected chi connectivity index (χ3v) is 4.67. The Bertz CT molecular complexity index is 400. The van der Waals surface area contributed by atoms with Crippen molar-refractivity contribution in [2.45, 2.75) is 52.2 Å². The summed E-state index contributed by atoms with van der Waals surface area (Å²) in [5, 5.41) is 13.5. The Morgan fingerprint density at radius 2 is 1.76 bits per heavy atom. The van der Waals surface area contributed by atoms with Gasteiger partial charge in [0.05, 0.1) is 6.10 Å². The molecule has 2 rings (SSSR count). The third kappa shape index (κ3) is 4.72. The van der Waals surface area contributed by atoms with Gasteiger partial charge in [-0.25, -0.2) is 0 Å². The Labute approximate surface area is 129 Å². The Morgan fingerprint density at radius 3 is 2.38 bits per heavy atom. The quantitative estimate of drug-likeness (QED) is 0.809. The molecule has 0 aromatic heterocycles. The van der Waals surface area contributed by atoms with Crippen LogP contribution in [0.4, 0.5) is 5.69 Å². The Balaban J connectivity index is 1.78. The summed E-state index contributed by atoms with van der Waals surface area (Å²) in [4.78, 5) is 2.36. The van der Waals surface area contributed by atoms with Crippen LogP contribution in [0.2, 0.25) is 0 Å². The van der Waals surface area contributed by atoms with Gasteiger partial charge in [0.1, 0.15) is 0 Å². The van der Waals surface area contributed by atoms with E-state index in [1.54, 1.807) is 0 Å². The predicted molar refractivity (Wildman–Crippen MR) is 89.7 cm³/mol. The molecule has 3 heteroatoms. The smallest absolute Gasteiger partial charge is 0.0580 e. The molecule has 0 amide bonds. The van der Waals surface area contributed by atoms with E-state index in [-0.39, 0.29) is 6.10 Å². The minimum atomic E-state index is -0.101. The highest BCUT2D eigenvalue weighted by molar-refractivity contribution is 5.47. The van der Waals surface area contributed by atoms with Gasteiger partial charge in [0.15, 0.2) is 0 Å². The number of nitrogens with one attached hydrogen (secondary N) is 1. The first-order valence-corrected chi connectivity index (χ1v) is 8.47. The fourth-order valence-electron chi connectivity index (χ4n) is 3.24. The number of hydrogen-bond acceptors (Lipinski definition) is 3.